The Morgan fingerprint density at radius 3 is 3.06 bits per heavy atom. The molecule has 0 N–H and O–H groups in total. The third-order valence-corrected chi connectivity index (χ3v) is 3.46. The largest absolute Gasteiger partial charge is 0.478 e. The Hall–Kier alpha value is -0.880. The molecule has 100 valence electrons. The van der Waals surface area contributed by atoms with Crippen molar-refractivity contribution in [1.29, 1.82) is 0 Å². The van der Waals surface area contributed by atoms with Crippen LogP contribution in [0, 0.1) is 0 Å². The molecule has 0 aromatic carbocycles. The van der Waals surface area contributed by atoms with Crippen molar-refractivity contribution < 1.29 is 9.47 Å². The van der Waals surface area contributed by atoms with Crippen molar-refractivity contribution in [1.82, 2.24) is 9.97 Å². The normalized spacial score (nSPS) is 24.1. The van der Waals surface area contributed by atoms with Crippen molar-refractivity contribution in [2.75, 3.05) is 29.9 Å². The van der Waals surface area contributed by atoms with E-state index in [4.69, 9.17) is 9.47 Å². The standard InChI is InChI=1S/C12H18BrN3O2/c1-3-17-12-4-11(14-8-15-12)16-6-9(2)18-10(5-13)7-16/h4,8-10H,3,5-7H2,1-2H3. The molecule has 0 spiro atoms. The van der Waals surface area contributed by atoms with Crippen LogP contribution in [0.2, 0.25) is 0 Å². The first-order chi connectivity index (χ1) is 8.72. The molecule has 1 aromatic heterocycles. The fraction of sp³-hybridized carbons (Fsp3) is 0.667. The zero-order chi connectivity index (χ0) is 13.0. The molecule has 0 bridgehead atoms. The number of rotatable bonds is 4. The molecule has 2 rings (SSSR count). The van der Waals surface area contributed by atoms with E-state index in [1.54, 1.807) is 6.33 Å². The highest BCUT2D eigenvalue weighted by molar-refractivity contribution is 9.09. The van der Waals surface area contributed by atoms with Crippen LogP contribution in [0.25, 0.3) is 0 Å². The molecule has 6 heteroatoms. The number of aromatic nitrogens is 2. The van der Waals surface area contributed by atoms with Gasteiger partial charge in [-0.3, -0.25) is 0 Å². The van der Waals surface area contributed by atoms with Crippen LogP contribution < -0.4 is 9.64 Å². The van der Waals surface area contributed by atoms with Crippen molar-refractivity contribution in [3.63, 3.8) is 0 Å². The minimum Gasteiger partial charge on any atom is -0.478 e. The van der Waals surface area contributed by atoms with E-state index in [1.165, 1.54) is 0 Å². The van der Waals surface area contributed by atoms with Crippen LogP contribution in [0.3, 0.4) is 0 Å². The molecule has 1 aromatic rings. The molecule has 1 saturated heterocycles. The topological polar surface area (TPSA) is 47.5 Å². The maximum Gasteiger partial charge on any atom is 0.218 e. The van der Waals surface area contributed by atoms with Crippen molar-refractivity contribution in [3.8, 4) is 5.88 Å². The number of nitrogens with zero attached hydrogens (tertiary/aromatic N) is 3. The van der Waals surface area contributed by atoms with E-state index < -0.39 is 0 Å². The Morgan fingerprint density at radius 2 is 2.33 bits per heavy atom. The van der Waals surface area contributed by atoms with Gasteiger partial charge in [0.15, 0.2) is 0 Å². The van der Waals surface area contributed by atoms with Crippen molar-refractivity contribution >= 4 is 21.7 Å². The quantitative estimate of drug-likeness (QED) is 0.794. The van der Waals surface area contributed by atoms with Gasteiger partial charge in [-0.15, -0.1) is 0 Å². The van der Waals surface area contributed by atoms with Crippen LogP contribution in [0.15, 0.2) is 12.4 Å². The van der Waals surface area contributed by atoms with Gasteiger partial charge in [0, 0.05) is 24.5 Å². The number of morpholine rings is 1. The minimum absolute atomic E-state index is 0.194. The predicted octanol–water partition coefficient (Wildman–Crippen LogP) is 1.86. The SMILES string of the molecule is CCOc1cc(N2CC(C)OC(CBr)C2)ncn1. The molecular formula is C12H18BrN3O2. The molecule has 0 amide bonds. The zero-order valence-electron chi connectivity index (χ0n) is 10.7. The first kappa shape index (κ1) is 13.5. The molecule has 5 nitrogen and oxygen atoms in total. The summed E-state index contributed by atoms with van der Waals surface area (Å²) in [7, 11) is 0. The summed E-state index contributed by atoms with van der Waals surface area (Å²) in [4.78, 5) is 10.6. The maximum atomic E-state index is 5.80. The highest BCUT2D eigenvalue weighted by Crippen LogP contribution is 2.21. The second-order valence-electron chi connectivity index (χ2n) is 4.28. The highest BCUT2D eigenvalue weighted by Gasteiger charge is 2.25. The van der Waals surface area contributed by atoms with Crippen LogP contribution >= 0.6 is 15.9 Å². The second kappa shape index (κ2) is 6.33. The summed E-state index contributed by atoms with van der Waals surface area (Å²) >= 11 is 3.47. The van der Waals surface area contributed by atoms with Gasteiger partial charge in [0.25, 0.3) is 0 Å². The van der Waals surface area contributed by atoms with Gasteiger partial charge in [0.05, 0.1) is 18.8 Å². The Kier molecular flexibility index (Phi) is 4.77. The van der Waals surface area contributed by atoms with Crippen LogP contribution in [0.5, 0.6) is 5.88 Å². The Balaban J connectivity index is 2.11. The molecule has 1 fully saturated rings. The lowest BCUT2D eigenvalue weighted by molar-refractivity contribution is -0.00225. The number of hydrogen-bond acceptors (Lipinski definition) is 5. The first-order valence-electron chi connectivity index (χ1n) is 6.14. The van der Waals surface area contributed by atoms with Crippen LogP contribution in [-0.4, -0.2) is 47.2 Å². The summed E-state index contributed by atoms with van der Waals surface area (Å²) in [5, 5.41) is 0.831. The molecule has 2 atom stereocenters. The van der Waals surface area contributed by atoms with Gasteiger partial charge >= 0.3 is 0 Å². The third-order valence-electron chi connectivity index (χ3n) is 2.74. The van der Waals surface area contributed by atoms with Crippen molar-refractivity contribution in [2.45, 2.75) is 26.1 Å². The molecule has 2 unspecified atom stereocenters. The highest BCUT2D eigenvalue weighted by atomic mass is 79.9. The number of anilines is 1. The average Bonchev–Trinajstić information content (AvgIpc) is 2.39. The van der Waals surface area contributed by atoms with Crippen LogP contribution in [0.4, 0.5) is 5.82 Å². The molecule has 1 aliphatic rings. The summed E-state index contributed by atoms with van der Waals surface area (Å²) in [5.41, 5.74) is 0. The predicted molar refractivity (Wildman–Crippen MR) is 73.5 cm³/mol. The maximum absolute atomic E-state index is 5.80. The van der Waals surface area contributed by atoms with Crippen molar-refractivity contribution in [3.05, 3.63) is 12.4 Å². The van der Waals surface area contributed by atoms with Gasteiger partial charge in [-0.25, -0.2) is 9.97 Å². The molecule has 0 saturated carbocycles. The minimum atomic E-state index is 0.194. The van der Waals surface area contributed by atoms with Gasteiger partial charge in [-0.1, -0.05) is 15.9 Å². The van der Waals surface area contributed by atoms with Gasteiger partial charge in [0.2, 0.25) is 5.88 Å². The molecule has 0 aliphatic carbocycles. The van der Waals surface area contributed by atoms with Gasteiger partial charge in [-0.2, -0.15) is 0 Å². The molecular weight excluding hydrogens is 298 g/mol. The number of hydrogen-bond donors (Lipinski definition) is 0. The summed E-state index contributed by atoms with van der Waals surface area (Å²) in [5.74, 6) is 1.52. The molecule has 1 aliphatic heterocycles. The number of alkyl halides is 1. The van der Waals surface area contributed by atoms with Crippen LogP contribution in [0.1, 0.15) is 13.8 Å². The van der Waals surface area contributed by atoms with E-state index in [1.807, 2.05) is 13.0 Å². The van der Waals surface area contributed by atoms with E-state index in [0.717, 1.165) is 24.2 Å². The summed E-state index contributed by atoms with van der Waals surface area (Å²) in [6.07, 6.45) is 1.94. The molecule has 2 heterocycles. The van der Waals surface area contributed by atoms with E-state index in [9.17, 15) is 0 Å². The Labute approximate surface area is 116 Å². The van der Waals surface area contributed by atoms with E-state index >= 15 is 0 Å². The van der Waals surface area contributed by atoms with E-state index in [2.05, 4.69) is 37.7 Å². The summed E-state index contributed by atoms with van der Waals surface area (Å²) < 4.78 is 11.2. The van der Waals surface area contributed by atoms with Crippen LogP contribution in [-0.2, 0) is 4.74 Å². The average molecular weight is 316 g/mol. The lowest BCUT2D eigenvalue weighted by Crippen LogP contribution is -2.47. The van der Waals surface area contributed by atoms with E-state index in [-0.39, 0.29) is 12.2 Å². The Bertz CT molecular complexity index is 391. The fourth-order valence-electron chi connectivity index (χ4n) is 2.05. The summed E-state index contributed by atoms with van der Waals surface area (Å²) in [6.45, 7) is 6.30. The second-order valence-corrected chi connectivity index (χ2v) is 4.92. The summed E-state index contributed by atoms with van der Waals surface area (Å²) in [6, 6.07) is 1.88. The Morgan fingerprint density at radius 1 is 1.50 bits per heavy atom. The van der Waals surface area contributed by atoms with Gasteiger partial charge < -0.3 is 14.4 Å². The van der Waals surface area contributed by atoms with Crippen molar-refractivity contribution in [2.24, 2.45) is 0 Å². The fourth-order valence-corrected chi connectivity index (χ4v) is 2.40. The zero-order valence-corrected chi connectivity index (χ0v) is 12.3. The lowest BCUT2D eigenvalue weighted by Gasteiger charge is -2.36. The monoisotopic (exact) mass is 315 g/mol. The molecule has 0 radical (unpaired) electrons. The van der Waals surface area contributed by atoms with Gasteiger partial charge in [-0.05, 0) is 13.8 Å². The third kappa shape index (κ3) is 3.32. The molecule has 18 heavy (non-hydrogen) atoms. The smallest absolute Gasteiger partial charge is 0.218 e. The lowest BCUT2D eigenvalue weighted by atomic mass is 10.2. The first-order valence-corrected chi connectivity index (χ1v) is 7.26. The number of halogens is 1. The number of ether oxygens (including phenoxy) is 2. The van der Waals surface area contributed by atoms with E-state index in [0.29, 0.717) is 12.5 Å². The van der Waals surface area contributed by atoms with Gasteiger partial charge in [0.1, 0.15) is 12.1 Å².